The molecular weight excluding hydrogens is 293 g/mol. The lowest BCUT2D eigenvalue weighted by atomic mass is 10.1. The van der Waals surface area contributed by atoms with Gasteiger partial charge in [0, 0.05) is 39.0 Å². The Morgan fingerprint density at radius 1 is 1.26 bits per heavy atom. The molecule has 120 valence electrons. The molecule has 23 heavy (non-hydrogen) atoms. The minimum absolute atomic E-state index is 0.0241. The number of amides is 1. The predicted octanol–water partition coefficient (Wildman–Crippen LogP) is 3.03. The first kappa shape index (κ1) is 15.5. The number of rotatable bonds is 3. The second kappa shape index (κ2) is 6.77. The van der Waals surface area contributed by atoms with E-state index in [0.717, 1.165) is 24.2 Å². The Bertz CT molecular complexity index is 690. The fourth-order valence-electron chi connectivity index (χ4n) is 2.93. The predicted molar refractivity (Wildman–Crippen MR) is 89.2 cm³/mol. The second-order valence-corrected chi connectivity index (χ2v) is 5.81. The molecular formula is C18H20FN3O. The van der Waals surface area contributed by atoms with Gasteiger partial charge in [-0.25, -0.2) is 4.39 Å². The van der Waals surface area contributed by atoms with Crippen LogP contribution in [-0.2, 0) is 11.2 Å². The van der Waals surface area contributed by atoms with Crippen molar-refractivity contribution >= 4 is 17.3 Å². The van der Waals surface area contributed by atoms with Crippen molar-refractivity contribution in [1.82, 2.24) is 4.98 Å². The number of aromatic nitrogens is 1. The zero-order valence-electron chi connectivity index (χ0n) is 13.2. The van der Waals surface area contributed by atoms with E-state index in [1.54, 1.807) is 23.4 Å². The molecule has 0 N–H and O–H groups in total. The number of halogens is 1. The highest BCUT2D eigenvalue weighted by Gasteiger charge is 2.23. The molecule has 2 aromatic rings. The van der Waals surface area contributed by atoms with E-state index in [9.17, 15) is 9.18 Å². The summed E-state index contributed by atoms with van der Waals surface area (Å²) in [5.74, 6) is -0.292. The number of aryl methyl sites for hydroxylation is 1. The van der Waals surface area contributed by atoms with Crippen LogP contribution >= 0.6 is 0 Å². The number of pyridine rings is 1. The molecule has 0 aliphatic carbocycles. The molecule has 0 fully saturated rings. The van der Waals surface area contributed by atoms with Crippen LogP contribution in [0.3, 0.4) is 0 Å². The number of benzene rings is 1. The standard InChI is InChI=1S/C18H20FN3O/c1-21-10-3-11-22(17-12-15(19)6-7-16(17)21)18(23)8-5-14-4-2-9-20-13-14/h2,4,6-7,9,12-13H,3,5,8,10-11H2,1H3. The first-order valence-electron chi connectivity index (χ1n) is 7.85. The Labute approximate surface area is 135 Å². The number of hydrogen-bond donors (Lipinski definition) is 0. The number of carbonyl (C=O) groups excluding carboxylic acids is 1. The third-order valence-corrected chi connectivity index (χ3v) is 4.17. The maximum atomic E-state index is 13.7. The van der Waals surface area contributed by atoms with Crippen LogP contribution in [0.1, 0.15) is 18.4 Å². The molecule has 0 bridgehead atoms. The van der Waals surface area contributed by atoms with E-state index in [1.165, 1.54) is 12.1 Å². The largest absolute Gasteiger partial charge is 0.373 e. The van der Waals surface area contributed by atoms with Gasteiger partial charge in [0.25, 0.3) is 0 Å². The molecule has 1 aromatic carbocycles. The summed E-state index contributed by atoms with van der Waals surface area (Å²) in [5.41, 5.74) is 2.60. The Kier molecular flexibility index (Phi) is 4.55. The first-order chi connectivity index (χ1) is 11.1. The Morgan fingerprint density at radius 2 is 2.13 bits per heavy atom. The van der Waals surface area contributed by atoms with Crippen molar-refractivity contribution in [2.75, 3.05) is 29.9 Å². The number of anilines is 2. The molecule has 1 aliphatic rings. The van der Waals surface area contributed by atoms with E-state index < -0.39 is 0 Å². The zero-order chi connectivity index (χ0) is 16.2. The average Bonchev–Trinajstić information content (AvgIpc) is 2.72. The zero-order valence-corrected chi connectivity index (χ0v) is 13.2. The molecule has 0 atom stereocenters. The molecule has 1 aromatic heterocycles. The van der Waals surface area contributed by atoms with Crippen LogP contribution < -0.4 is 9.80 Å². The molecule has 0 saturated carbocycles. The summed E-state index contributed by atoms with van der Waals surface area (Å²) < 4.78 is 13.7. The van der Waals surface area contributed by atoms with Crippen molar-refractivity contribution in [3.05, 3.63) is 54.1 Å². The fourth-order valence-corrected chi connectivity index (χ4v) is 2.93. The van der Waals surface area contributed by atoms with Gasteiger partial charge < -0.3 is 9.80 Å². The molecule has 5 heteroatoms. The van der Waals surface area contributed by atoms with Gasteiger partial charge in [0.1, 0.15) is 5.82 Å². The number of nitrogens with zero attached hydrogens (tertiary/aromatic N) is 3. The van der Waals surface area contributed by atoms with Gasteiger partial charge in [-0.05, 0) is 42.7 Å². The summed E-state index contributed by atoms with van der Waals surface area (Å²) in [6.07, 6.45) is 5.40. The fraction of sp³-hybridized carbons (Fsp3) is 0.333. The molecule has 0 saturated heterocycles. The van der Waals surface area contributed by atoms with Gasteiger partial charge in [-0.1, -0.05) is 6.07 Å². The van der Waals surface area contributed by atoms with Gasteiger partial charge in [-0.15, -0.1) is 0 Å². The van der Waals surface area contributed by atoms with Crippen molar-refractivity contribution in [3.63, 3.8) is 0 Å². The SMILES string of the molecule is CN1CCCN(C(=O)CCc2cccnc2)c2cc(F)ccc21. The van der Waals surface area contributed by atoms with Gasteiger partial charge in [-0.3, -0.25) is 9.78 Å². The van der Waals surface area contributed by atoms with Crippen LogP contribution in [0.5, 0.6) is 0 Å². The summed E-state index contributed by atoms with van der Waals surface area (Å²) >= 11 is 0. The monoisotopic (exact) mass is 313 g/mol. The summed E-state index contributed by atoms with van der Waals surface area (Å²) in [7, 11) is 1.97. The molecule has 3 rings (SSSR count). The van der Waals surface area contributed by atoms with Crippen molar-refractivity contribution in [2.45, 2.75) is 19.3 Å². The van der Waals surface area contributed by atoms with Gasteiger partial charge in [-0.2, -0.15) is 0 Å². The molecule has 0 unspecified atom stereocenters. The van der Waals surface area contributed by atoms with E-state index in [1.807, 2.05) is 19.2 Å². The first-order valence-corrected chi connectivity index (χ1v) is 7.85. The van der Waals surface area contributed by atoms with E-state index in [0.29, 0.717) is 25.1 Å². The summed E-state index contributed by atoms with van der Waals surface area (Å²) in [6, 6.07) is 8.48. The van der Waals surface area contributed by atoms with E-state index >= 15 is 0 Å². The normalized spacial score (nSPS) is 14.3. The van der Waals surface area contributed by atoms with Crippen molar-refractivity contribution < 1.29 is 9.18 Å². The van der Waals surface area contributed by atoms with Gasteiger partial charge >= 0.3 is 0 Å². The Hall–Kier alpha value is -2.43. The van der Waals surface area contributed by atoms with Crippen LogP contribution in [-0.4, -0.2) is 31.0 Å². The van der Waals surface area contributed by atoms with E-state index in [4.69, 9.17) is 0 Å². The summed E-state index contributed by atoms with van der Waals surface area (Å²) in [5, 5.41) is 0. The summed E-state index contributed by atoms with van der Waals surface area (Å²) in [6.45, 7) is 1.47. The topological polar surface area (TPSA) is 36.4 Å². The van der Waals surface area contributed by atoms with Gasteiger partial charge in [0.05, 0.1) is 11.4 Å². The lowest BCUT2D eigenvalue weighted by Crippen LogP contribution is -2.31. The Balaban J connectivity index is 1.80. The van der Waals surface area contributed by atoms with Crippen molar-refractivity contribution in [2.24, 2.45) is 0 Å². The Morgan fingerprint density at radius 3 is 2.91 bits per heavy atom. The maximum Gasteiger partial charge on any atom is 0.227 e. The minimum Gasteiger partial charge on any atom is -0.373 e. The molecule has 4 nitrogen and oxygen atoms in total. The van der Waals surface area contributed by atoms with Crippen LogP contribution in [0.15, 0.2) is 42.7 Å². The highest BCUT2D eigenvalue weighted by Crippen LogP contribution is 2.32. The lowest BCUT2D eigenvalue weighted by molar-refractivity contribution is -0.118. The van der Waals surface area contributed by atoms with E-state index in [2.05, 4.69) is 9.88 Å². The highest BCUT2D eigenvalue weighted by molar-refractivity contribution is 5.97. The van der Waals surface area contributed by atoms with Gasteiger partial charge in [0.15, 0.2) is 0 Å². The third-order valence-electron chi connectivity index (χ3n) is 4.17. The third kappa shape index (κ3) is 3.50. The van der Waals surface area contributed by atoms with Crippen LogP contribution in [0.4, 0.5) is 15.8 Å². The van der Waals surface area contributed by atoms with Gasteiger partial charge in [0.2, 0.25) is 5.91 Å². The van der Waals surface area contributed by atoms with Crippen LogP contribution in [0.2, 0.25) is 0 Å². The number of carbonyl (C=O) groups is 1. The second-order valence-electron chi connectivity index (χ2n) is 5.81. The minimum atomic E-state index is -0.316. The number of fused-ring (bicyclic) bond motifs is 1. The number of hydrogen-bond acceptors (Lipinski definition) is 3. The van der Waals surface area contributed by atoms with Crippen LogP contribution in [0, 0.1) is 5.82 Å². The molecule has 2 heterocycles. The summed E-state index contributed by atoms with van der Waals surface area (Å²) in [4.78, 5) is 20.5. The maximum absolute atomic E-state index is 13.7. The van der Waals surface area contributed by atoms with Crippen molar-refractivity contribution in [1.29, 1.82) is 0 Å². The molecule has 0 spiro atoms. The quantitative estimate of drug-likeness (QED) is 0.874. The molecule has 1 amide bonds. The van der Waals surface area contributed by atoms with E-state index in [-0.39, 0.29) is 11.7 Å². The molecule has 0 radical (unpaired) electrons. The highest BCUT2D eigenvalue weighted by atomic mass is 19.1. The lowest BCUT2D eigenvalue weighted by Gasteiger charge is -2.24. The smallest absolute Gasteiger partial charge is 0.227 e. The van der Waals surface area contributed by atoms with Crippen LogP contribution in [0.25, 0.3) is 0 Å². The van der Waals surface area contributed by atoms with Crippen molar-refractivity contribution in [3.8, 4) is 0 Å². The average molecular weight is 313 g/mol. The molecule has 1 aliphatic heterocycles.